The molecule has 0 bridgehead atoms. The van der Waals surface area contributed by atoms with Crippen molar-refractivity contribution in [3.05, 3.63) is 35.9 Å². The molecule has 6 heteroatoms. The third-order valence-electron chi connectivity index (χ3n) is 2.54. The number of hydrogen-bond acceptors (Lipinski definition) is 3. The molecule has 0 aliphatic heterocycles. The van der Waals surface area contributed by atoms with Gasteiger partial charge in [0.25, 0.3) is 10.1 Å². The molecule has 4 nitrogen and oxygen atoms in total. The van der Waals surface area contributed by atoms with Crippen LogP contribution in [0.4, 0.5) is 0 Å². The molecule has 19 heavy (non-hydrogen) atoms. The molecular weight excluding hydrogens is 275 g/mol. The van der Waals surface area contributed by atoms with Crippen LogP contribution in [0.25, 0.3) is 0 Å². The van der Waals surface area contributed by atoms with Gasteiger partial charge in [-0.05, 0) is 31.2 Å². The van der Waals surface area contributed by atoms with Gasteiger partial charge in [-0.2, -0.15) is 8.42 Å². The Morgan fingerprint density at radius 2 is 1.68 bits per heavy atom. The summed E-state index contributed by atoms with van der Waals surface area (Å²) < 4.78 is 34.8. The van der Waals surface area contributed by atoms with Crippen LogP contribution >= 0.6 is 0 Å². The van der Waals surface area contributed by atoms with Crippen molar-refractivity contribution in [3.8, 4) is 0 Å². The molecule has 0 aliphatic rings. The van der Waals surface area contributed by atoms with E-state index in [1.165, 1.54) is 5.56 Å². The van der Waals surface area contributed by atoms with Gasteiger partial charge in [-0.1, -0.05) is 30.3 Å². The Hall–Kier alpha value is 0.0900. The normalized spacial score (nSPS) is 11.0. The topological polar surface area (TPSA) is 63.6 Å². The van der Waals surface area contributed by atoms with Crippen LogP contribution in [0.2, 0.25) is 0 Å². The number of unbranched alkanes of at least 4 members (excludes halogenated alkanes) is 1. The Kier molecular flexibility index (Phi) is 10.9. The molecule has 0 saturated carbocycles. The molecule has 0 fully saturated rings. The van der Waals surface area contributed by atoms with Crippen LogP contribution in [0.5, 0.6) is 0 Å². The van der Waals surface area contributed by atoms with Crippen molar-refractivity contribution >= 4 is 10.1 Å². The Morgan fingerprint density at radius 1 is 1.05 bits per heavy atom. The second-order valence-corrected chi connectivity index (χ2v) is 5.77. The number of benzene rings is 1. The summed E-state index contributed by atoms with van der Waals surface area (Å²) in [5.41, 5.74) is 1.30. The van der Waals surface area contributed by atoms with E-state index < -0.39 is 10.1 Å². The van der Waals surface area contributed by atoms with E-state index in [4.69, 9.17) is 9.29 Å². The summed E-state index contributed by atoms with van der Waals surface area (Å²) in [5.74, 6) is -0.180. The van der Waals surface area contributed by atoms with Crippen molar-refractivity contribution in [2.75, 3.05) is 19.0 Å². The number of aryl methyl sites for hydroxylation is 1. The average Bonchev–Trinajstić information content (AvgIpc) is 2.32. The minimum absolute atomic E-state index is 0. The molecule has 1 N–H and O–H groups in total. The van der Waals surface area contributed by atoms with Crippen LogP contribution in [0.15, 0.2) is 30.3 Å². The van der Waals surface area contributed by atoms with E-state index in [1.807, 2.05) is 18.2 Å². The molecular formula is C13H21NaO4S. The van der Waals surface area contributed by atoms with Crippen LogP contribution in [-0.4, -0.2) is 31.9 Å². The molecule has 0 saturated heterocycles. The first-order chi connectivity index (χ1) is 8.58. The maximum atomic E-state index is 10.4. The zero-order valence-electron chi connectivity index (χ0n) is 12.4. The first-order valence-corrected chi connectivity index (χ1v) is 7.76. The summed E-state index contributed by atoms with van der Waals surface area (Å²) in [7, 11) is -3.81. The molecule has 0 aromatic heterocycles. The predicted octanol–water partition coefficient (Wildman–Crippen LogP) is -0.580. The molecule has 0 aliphatic carbocycles. The van der Waals surface area contributed by atoms with Crippen LogP contribution in [-0.2, 0) is 21.3 Å². The Bertz CT molecular complexity index is 425. The first-order valence-electron chi connectivity index (χ1n) is 6.15. The second kappa shape index (κ2) is 10.8. The van der Waals surface area contributed by atoms with Crippen molar-refractivity contribution < 1.29 is 48.7 Å². The van der Waals surface area contributed by atoms with Gasteiger partial charge in [0.15, 0.2) is 0 Å². The zero-order valence-corrected chi connectivity index (χ0v) is 14.2. The fourth-order valence-corrected chi connectivity index (χ4v) is 2.18. The summed E-state index contributed by atoms with van der Waals surface area (Å²) in [4.78, 5) is 0. The zero-order chi connectivity index (χ0) is 13.3. The van der Waals surface area contributed by atoms with E-state index >= 15 is 0 Å². The summed E-state index contributed by atoms with van der Waals surface area (Å²) in [6.07, 6.45) is 3.05. The monoisotopic (exact) mass is 296 g/mol. The SMILES string of the molecule is O=S(=O)(O)CCCCOCCCc1ccccc1.[H-].[Na+]. The van der Waals surface area contributed by atoms with Crippen LogP contribution in [0.1, 0.15) is 26.3 Å². The Morgan fingerprint density at radius 3 is 2.32 bits per heavy atom. The van der Waals surface area contributed by atoms with Crippen molar-refractivity contribution in [1.29, 1.82) is 0 Å². The van der Waals surface area contributed by atoms with Crippen LogP contribution in [0, 0.1) is 0 Å². The fraction of sp³-hybridized carbons (Fsp3) is 0.538. The van der Waals surface area contributed by atoms with Crippen molar-refractivity contribution in [2.45, 2.75) is 25.7 Å². The molecule has 0 spiro atoms. The molecule has 0 amide bonds. The summed E-state index contributed by atoms with van der Waals surface area (Å²) in [6, 6.07) is 10.2. The number of ether oxygens (including phenoxy) is 1. The van der Waals surface area contributed by atoms with E-state index in [9.17, 15) is 8.42 Å². The molecule has 1 aromatic rings. The minimum atomic E-state index is -3.81. The van der Waals surface area contributed by atoms with Gasteiger partial charge in [0.2, 0.25) is 0 Å². The maximum absolute atomic E-state index is 10.4. The van der Waals surface area contributed by atoms with Gasteiger partial charge >= 0.3 is 29.6 Å². The van der Waals surface area contributed by atoms with Gasteiger partial charge in [-0.15, -0.1) is 0 Å². The van der Waals surface area contributed by atoms with Crippen LogP contribution in [0.3, 0.4) is 0 Å². The number of hydrogen-bond donors (Lipinski definition) is 1. The largest absolute Gasteiger partial charge is 1.00 e. The molecule has 104 valence electrons. The van der Waals surface area contributed by atoms with E-state index in [0.717, 1.165) is 12.8 Å². The van der Waals surface area contributed by atoms with Crippen molar-refractivity contribution in [3.63, 3.8) is 0 Å². The van der Waals surface area contributed by atoms with Crippen molar-refractivity contribution in [1.82, 2.24) is 0 Å². The van der Waals surface area contributed by atoms with E-state index in [1.54, 1.807) is 0 Å². The number of rotatable bonds is 9. The second-order valence-electron chi connectivity index (χ2n) is 4.19. The summed E-state index contributed by atoms with van der Waals surface area (Å²) in [6.45, 7) is 1.23. The summed E-state index contributed by atoms with van der Waals surface area (Å²) in [5, 5.41) is 0. The van der Waals surface area contributed by atoms with E-state index in [2.05, 4.69) is 12.1 Å². The Balaban J connectivity index is 0. The van der Waals surface area contributed by atoms with Gasteiger partial charge in [0.05, 0.1) is 5.75 Å². The van der Waals surface area contributed by atoms with Gasteiger partial charge < -0.3 is 6.16 Å². The Labute approximate surface area is 139 Å². The minimum Gasteiger partial charge on any atom is -1.00 e. The molecule has 0 heterocycles. The van der Waals surface area contributed by atoms with Gasteiger partial charge in [0.1, 0.15) is 0 Å². The molecule has 1 rings (SSSR count). The van der Waals surface area contributed by atoms with Crippen molar-refractivity contribution in [2.24, 2.45) is 0 Å². The van der Waals surface area contributed by atoms with Gasteiger partial charge in [0, 0.05) is 13.2 Å². The molecule has 0 unspecified atom stereocenters. The first kappa shape index (κ1) is 19.1. The van der Waals surface area contributed by atoms with E-state index in [-0.39, 0.29) is 36.7 Å². The maximum Gasteiger partial charge on any atom is 1.00 e. The van der Waals surface area contributed by atoms with Gasteiger partial charge in [-0.25, -0.2) is 0 Å². The molecule has 0 radical (unpaired) electrons. The quantitative estimate of drug-likeness (QED) is 0.376. The van der Waals surface area contributed by atoms with E-state index in [0.29, 0.717) is 26.1 Å². The molecule has 1 aromatic carbocycles. The summed E-state index contributed by atoms with van der Waals surface area (Å²) >= 11 is 0. The smallest absolute Gasteiger partial charge is 1.00 e. The standard InChI is InChI=1S/C13H20O4S.Na.H/c14-18(15,16)12-5-4-10-17-11-6-9-13-7-2-1-3-8-13;;/h1-3,7-8H,4-6,9-12H2,(H,14,15,16);;/q;+1;-1. The predicted molar refractivity (Wildman–Crippen MR) is 72.3 cm³/mol. The van der Waals surface area contributed by atoms with Gasteiger partial charge in [-0.3, -0.25) is 4.55 Å². The molecule has 0 atom stereocenters. The third kappa shape index (κ3) is 11.6. The third-order valence-corrected chi connectivity index (χ3v) is 3.34. The van der Waals surface area contributed by atoms with Crippen LogP contribution < -0.4 is 29.6 Å². The average molecular weight is 296 g/mol. The fourth-order valence-electron chi connectivity index (χ4n) is 1.61.